The Bertz CT molecular complexity index is 238. The first-order valence-electron chi connectivity index (χ1n) is 6.45. The van der Waals surface area contributed by atoms with Crippen molar-refractivity contribution in [1.82, 2.24) is 15.1 Å². The van der Waals surface area contributed by atoms with Crippen molar-refractivity contribution in [2.75, 3.05) is 39.8 Å². The summed E-state index contributed by atoms with van der Waals surface area (Å²) in [5.74, 6) is 0.286. The van der Waals surface area contributed by atoms with Crippen LogP contribution >= 0.6 is 0 Å². The van der Waals surface area contributed by atoms with E-state index in [4.69, 9.17) is 0 Å². The van der Waals surface area contributed by atoms with Crippen molar-refractivity contribution >= 4 is 5.91 Å². The highest BCUT2D eigenvalue weighted by Crippen LogP contribution is 2.09. The molecule has 2 aliphatic rings. The number of carbonyl (C=O) groups excluding carboxylic acids is 1. The van der Waals surface area contributed by atoms with Gasteiger partial charge in [0.15, 0.2) is 0 Å². The van der Waals surface area contributed by atoms with Gasteiger partial charge in [-0.15, -0.1) is 0 Å². The number of likely N-dealkylation sites (tertiary alicyclic amines) is 2. The summed E-state index contributed by atoms with van der Waals surface area (Å²) in [7, 11) is 2.13. The molecule has 0 aromatic carbocycles. The maximum Gasteiger partial charge on any atom is 0.236 e. The Hall–Kier alpha value is -0.610. The normalized spacial score (nSPS) is 27.3. The molecule has 0 bridgehead atoms. The average molecular weight is 225 g/mol. The summed E-state index contributed by atoms with van der Waals surface area (Å²) >= 11 is 0. The van der Waals surface area contributed by atoms with Gasteiger partial charge in [0.1, 0.15) is 0 Å². The third-order valence-corrected chi connectivity index (χ3v) is 3.64. The maximum absolute atomic E-state index is 11.9. The molecule has 4 heteroatoms. The number of hydrogen-bond donors (Lipinski definition) is 1. The first-order valence-corrected chi connectivity index (χ1v) is 6.45. The number of hydrogen-bond acceptors (Lipinski definition) is 3. The van der Waals surface area contributed by atoms with E-state index in [0.29, 0.717) is 12.6 Å². The van der Waals surface area contributed by atoms with Gasteiger partial charge in [-0.1, -0.05) is 0 Å². The van der Waals surface area contributed by atoms with Crippen LogP contribution in [-0.4, -0.2) is 61.5 Å². The van der Waals surface area contributed by atoms with Gasteiger partial charge in [0.05, 0.1) is 6.54 Å². The van der Waals surface area contributed by atoms with Crippen LogP contribution in [0.4, 0.5) is 0 Å². The minimum absolute atomic E-state index is 0.286. The second kappa shape index (κ2) is 5.64. The highest BCUT2D eigenvalue weighted by atomic mass is 16.2. The lowest BCUT2D eigenvalue weighted by Gasteiger charge is -2.27. The summed E-state index contributed by atoms with van der Waals surface area (Å²) in [6.07, 6.45) is 4.81. The van der Waals surface area contributed by atoms with Gasteiger partial charge in [0, 0.05) is 25.7 Å². The Morgan fingerprint density at radius 1 is 1.25 bits per heavy atom. The second-order valence-corrected chi connectivity index (χ2v) is 5.07. The zero-order chi connectivity index (χ0) is 11.4. The number of nitrogens with zero attached hydrogens (tertiary/aromatic N) is 2. The van der Waals surface area contributed by atoms with Gasteiger partial charge in [0.2, 0.25) is 5.91 Å². The SMILES string of the molecule is CN1CCC(NCC(=O)N2CCCCC2)C1. The van der Waals surface area contributed by atoms with Crippen LogP contribution in [0, 0.1) is 0 Å². The lowest BCUT2D eigenvalue weighted by Crippen LogP contribution is -2.44. The number of rotatable bonds is 3. The molecule has 1 unspecified atom stereocenters. The van der Waals surface area contributed by atoms with E-state index in [1.165, 1.54) is 25.7 Å². The summed E-state index contributed by atoms with van der Waals surface area (Å²) in [6.45, 7) is 4.68. The molecule has 2 saturated heterocycles. The smallest absolute Gasteiger partial charge is 0.236 e. The molecule has 1 atom stereocenters. The molecule has 2 aliphatic heterocycles. The molecule has 1 N–H and O–H groups in total. The van der Waals surface area contributed by atoms with Crippen LogP contribution in [-0.2, 0) is 4.79 Å². The van der Waals surface area contributed by atoms with Crippen LogP contribution in [0.3, 0.4) is 0 Å². The molecule has 2 heterocycles. The lowest BCUT2D eigenvalue weighted by molar-refractivity contribution is -0.131. The van der Waals surface area contributed by atoms with Gasteiger partial charge in [-0.25, -0.2) is 0 Å². The van der Waals surface area contributed by atoms with E-state index in [0.717, 1.165) is 26.2 Å². The molecule has 0 aliphatic carbocycles. The molecule has 16 heavy (non-hydrogen) atoms. The molecule has 4 nitrogen and oxygen atoms in total. The van der Waals surface area contributed by atoms with Crippen LogP contribution in [0.5, 0.6) is 0 Å². The van der Waals surface area contributed by atoms with Gasteiger partial charge < -0.3 is 15.1 Å². The largest absolute Gasteiger partial charge is 0.342 e. The quantitative estimate of drug-likeness (QED) is 0.750. The minimum atomic E-state index is 0.286. The first kappa shape index (κ1) is 11.9. The van der Waals surface area contributed by atoms with E-state index in [2.05, 4.69) is 17.3 Å². The lowest BCUT2D eigenvalue weighted by atomic mass is 10.1. The van der Waals surface area contributed by atoms with E-state index < -0.39 is 0 Å². The molecule has 1 amide bonds. The van der Waals surface area contributed by atoms with Gasteiger partial charge >= 0.3 is 0 Å². The van der Waals surface area contributed by atoms with Crippen molar-refractivity contribution in [3.8, 4) is 0 Å². The van der Waals surface area contributed by atoms with Crippen molar-refractivity contribution in [2.24, 2.45) is 0 Å². The Morgan fingerprint density at radius 3 is 2.62 bits per heavy atom. The standard InChI is InChI=1S/C12H23N3O/c1-14-8-5-11(10-14)13-9-12(16)15-6-3-2-4-7-15/h11,13H,2-10H2,1H3. The minimum Gasteiger partial charge on any atom is -0.342 e. The fraction of sp³-hybridized carbons (Fsp3) is 0.917. The number of carbonyl (C=O) groups is 1. The summed E-state index contributed by atoms with van der Waals surface area (Å²) in [6, 6.07) is 0.513. The number of amides is 1. The Kier molecular flexibility index (Phi) is 4.18. The van der Waals surface area contributed by atoms with Crippen molar-refractivity contribution in [3.63, 3.8) is 0 Å². The van der Waals surface area contributed by atoms with E-state index in [1.807, 2.05) is 4.90 Å². The predicted molar refractivity (Wildman–Crippen MR) is 64.3 cm³/mol. The monoisotopic (exact) mass is 225 g/mol. The third kappa shape index (κ3) is 3.19. The predicted octanol–water partition coefficient (Wildman–Crippen LogP) is 0.293. The number of piperidine rings is 1. The molecule has 0 aromatic heterocycles. The second-order valence-electron chi connectivity index (χ2n) is 5.07. The zero-order valence-corrected chi connectivity index (χ0v) is 10.2. The first-order chi connectivity index (χ1) is 7.75. The molecular formula is C12H23N3O. The fourth-order valence-corrected chi connectivity index (χ4v) is 2.59. The van der Waals surface area contributed by atoms with Gasteiger partial charge in [-0.3, -0.25) is 4.79 Å². The zero-order valence-electron chi connectivity index (χ0n) is 10.2. The van der Waals surface area contributed by atoms with Crippen molar-refractivity contribution in [3.05, 3.63) is 0 Å². The maximum atomic E-state index is 11.9. The van der Waals surface area contributed by atoms with Crippen molar-refractivity contribution < 1.29 is 4.79 Å². The van der Waals surface area contributed by atoms with Gasteiger partial charge in [0.25, 0.3) is 0 Å². The van der Waals surface area contributed by atoms with Crippen molar-refractivity contribution in [2.45, 2.75) is 31.7 Å². The van der Waals surface area contributed by atoms with Gasteiger partial charge in [-0.2, -0.15) is 0 Å². The van der Waals surface area contributed by atoms with Crippen molar-refractivity contribution in [1.29, 1.82) is 0 Å². The van der Waals surface area contributed by atoms with E-state index in [9.17, 15) is 4.79 Å². The highest BCUT2D eigenvalue weighted by molar-refractivity contribution is 5.78. The summed E-state index contributed by atoms with van der Waals surface area (Å²) in [5, 5.41) is 3.38. The third-order valence-electron chi connectivity index (χ3n) is 3.64. The molecule has 0 aromatic rings. The van der Waals surface area contributed by atoms with Crippen LogP contribution < -0.4 is 5.32 Å². The number of nitrogens with one attached hydrogen (secondary N) is 1. The molecule has 0 spiro atoms. The van der Waals surface area contributed by atoms with E-state index in [1.54, 1.807) is 0 Å². The Morgan fingerprint density at radius 2 is 2.00 bits per heavy atom. The number of likely N-dealkylation sites (N-methyl/N-ethyl adjacent to an activating group) is 1. The molecule has 92 valence electrons. The molecule has 0 radical (unpaired) electrons. The van der Waals surface area contributed by atoms with Crippen LogP contribution in [0.2, 0.25) is 0 Å². The Labute approximate surface area is 98.0 Å². The summed E-state index contributed by atoms with van der Waals surface area (Å²) in [5.41, 5.74) is 0. The van der Waals surface area contributed by atoms with Crippen LogP contribution in [0.25, 0.3) is 0 Å². The van der Waals surface area contributed by atoms with Crippen LogP contribution in [0.1, 0.15) is 25.7 Å². The van der Waals surface area contributed by atoms with Gasteiger partial charge in [-0.05, 0) is 39.3 Å². The molecule has 2 fully saturated rings. The summed E-state index contributed by atoms with van der Waals surface area (Å²) in [4.78, 5) is 16.2. The Balaban J connectivity index is 1.66. The topological polar surface area (TPSA) is 35.6 Å². The molecular weight excluding hydrogens is 202 g/mol. The fourth-order valence-electron chi connectivity index (χ4n) is 2.59. The van der Waals surface area contributed by atoms with E-state index in [-0.39, 0.29) is 5.91 Å². The van der Waals surface area contributed by atoms with E-state index >= 15 is 0 Å². The molecule has 0 saturated carbocycles. The highest BCUT2D eigenvalue weighted by Gasteiger charge is 2.21. The average Bonchev–Trinajstić information content (AvgIpc) is 2.73. The summed E-state index contributed by atoms with van der Waals surface area (Å²) < 4.78 is 0. The molecule has 2 rings (SSSR count). The van der Waals surface area contributed by atoms with Crippen LogP contribution in [0.15, 0.2) is 0 Å².